The largest absolute Gasteiger partial charge is 0.385 e. The Morgan fingerprint density at radius 2 is 1.81 bits per heavy atom. The SMILES string of the molecule is OC1(CC(=S)Nc2ccccc2)CCCc2ccccc21. The van der Waals surface area contributed by atoms with E-state index >= 15 is 0 Å². The molecule has 2 nitrogen and oxygen atoms in total. The van der Waals surface area contributed by atoms with Crippen molar-refractivity contribution >= 4 is 22.9 Å². The van der Waals surface area contributed by atoms with E-state index in [1.54, 1.807) is 0 Å². The van der Waals surface area contributed by atoms with Crippen molar-refractivity contribution in [2.75, 3.05) is 5.32 Å². The minimum Gasteiger partial charge on any atom is -0.385 e. The number of thiocarbonyl (C=S) groups is 1. The van der Waals surface area contributed by atoms with Crippen molar-refractivity contribution in [3.05, 3.63) is 65.7 Å². The van der Waals surface area contributed by atoms with Crippen LogP contribution in [0.15, 0.2) is 54.6 Å². The molecule has 0 aromatic heterocycles. The van der Waals surface area contributed by atoms with E-state index in [1.807, 2.05) is 48.5 Å². The van der Waals surface area contributed by atoms with Gasteiger partial charge in [0.25, 0.3) is 0 Å². The zero-order chi connectivity index (χ0) is 14.7. The molecule has 108 valence electrons. The molecular formula is C18H19NOS. The number of para-hydroxylation sites is 1. The number of hydrogen-bond donors (Lipinski definition) is 2. The quantitative estimate of drug-likeness (QED) is 0.839. The molecule has 0 saturated carbocycles. The van der Waals surface area contributed by atoms with Crippen LogP contribution in [0.5, 0.6) is 0 Å². The summed E-state index contributed by atoms with van der Waals surface area (Å²) in [6.07, 6.45) is 3.27. The molecule has 2 N–H and O–H groups in total. The lowest BCUT2D eigenvalue weighted by molar-refractivity contribution is 0.0267. The van der Waals surface area contributed by atoms with Crippen molar-refractivity contribution in [1.29, 1.82) is 0 Å². The van der Waals surface area contributed by atoms with Crippen molar-refractivity contribution in [2.45, 2.75) is 31.3 Å². The molecule has 0 saturated heterocycles. The first-order valence-electron chi connectivity index (χ1n) is 7.33. The normalized spacial score (nSPS) is 20.6. The lowest BCUT2D eigenvalue weighted by Gasteiger charge is -2.34. The second-order valence-electron chi connectivity index (χ2n) is 5.63. The Labute approximate surface area is 130 Å². The highest BCUT2D eigenvalue weighted by molar-refractivity contribution is 7.80. The molecule has 0 heterocycles. The van der Waals surface area contributed by atoms with E-state index in [2.05, 4.69) is 11.4 Å². The maximum absolute atomic E-state index is 11.0. The average Bonchev–Trinajstić information content (AvgIpc) is 2.48. The summed E-state index contributed by atoms with van der Waals surface area (Å²) in [6.45, 7) is 0. The predicted octanol–water partition coefficient (Wildman–Crippen LogP) is 4.04. The number of aliphatic hydroxyl groups is 1. The lowest BCUT2D eigenvalue weighted by atomic mass is 9.77. The van der Waals surface area contributed by atoms with Crippen molar-refractivity contribution in [2.24, 2.45) is 0 Å². The summed E-state index contributed by atoms with van der Waals surface area (Å²) in [6, 6.07) is 18.0. The van der Waals surface area contributed by atoms with E-state index in [0.29, 0.717) is 11.4 Å². The average molecular weight is 297 g/mol. The van der Waals surface area contributed by atoms with E-state index in [-0.39, 0.29) is 0 Å². The van der Waals surface area contributed by atoms with Gasteiger partial charge in [-0.25, -0.2) is 0 Å². The summed E-state index contributed by atoms with van der Waals surface area (Å²) in [7, 11) is 0. The van der Waals surface area contributed by atoms with E-state index < -0.39 is 5.60 Å². The first-order valence-corrected chi connectivity index (χ1v) is 7.74. The Bertz CT molecular complexity index is 641. The van der Waals surface area contributed by atoms with Crippen LogP contribution in [0.2, 0.25) is 0 Å². The van der Waals surface area contributed by atoms with Gasteiger partial charge in [-0.3, -0.25) is 0 Å². The number of nitrogens with one attached hydrogen (secondary N) is 1. The highest BCUT2D eigenvalue weighted by atomic mass is 32.1. The van der Waals surface area contributed by atoms with Gasteiger partial charge in [0.05, 0.1) is 10.6 Å². The molecule has 0 fully saturated rings. The molecule has 2 aromatic carbocycles. The van der Waals surface area contributed by atoms with Gasteiger partial charge in [0.1, 0.15) is 0 Å². The third kappa shape index (κ3) is 3.14. The molecule has 3 heteroatoms. The van der Waals surface area contributed by atoms with Gasteiger partial charge >= 0.3 is 0 Å². The Hall–Kier alpha value is -1.71. The zero-order valence-corrected chi connectivity index (χ0v) is 12.7. The number of rotatable bonds is 3. The molecule has 0 radical (unpaired) electrons. The fourth-order valence-corrected chi connectivity index (χ4v) is 3.43. The maximum atomic E-state index is 11.0. The first kappa shape index (κ1) is 14.2. The van der Waals surface area contributed by atoms with Gasteiger partial charge in [0.2, 0.25) is 0 Å². The van der Waals surface area contributed by atoms with Gasteiger partial charge in [-0.2, -0.15) is 0 Å². The smallest absolute Gasteiger partial charge is 0.0962 e. The van der Waals surface area contributed by atoms with Crippen LogP contribution < -0.4 is 5.32 Å². The minimum absolute atomic E-state index is 0.467. The Morgan fingerprint density at radius 1 is 1.10 bits per heavy atom. The van der Waals surface area contributed by atoms with Gasteiger partial charge < -0.3 is 10.4 Å². The third-order valence-corrected chi connectivity index (χ3v) is 4.31. The molecule has 3 rings (SSSR count). The topological polar surface area (TPSA) is 32.3 Å². The molecule has 0 spiro atoms. The van der Waals surface area contributed by atoms with Gasteiger partial charge in [0, 0.05) is 12.1 Å². The summed E-state index contributed by atoms with van der Waals surface area (Å²) in [4.78, 5) is 0.681. The van der Waals surface area contributed by atoms with Crippen LogP contribution in [0.25, 0.3) is 0 Å². The maximum Gasteiger partial charge on any atom is 0.0962 e. The highest BCUT2D eigenvalue weighted by Gasteiger charge is 2.34. The number of anilines is 1. The molecule has 1 aliphatic rings. The predicted molar refractivity (Wildman–Crippen MR) is 90.6 cm³/mol. The monoisotopic (exact) mass is 297 g/mol. The lowest BCUT2D eigenvalue weighted by Crippen LogP contribution is -2.34. The Kier molecular flexibility index (Phi) is 4.04. The fraction of sp³-hybridized carbons (Fsp3) is 0.278. The molecule has 0 amide bonds. The van der Waals surface area contributed by atoms with Crippen LogP contribution in [0, 0.1) is 0 Å². The van der Waals surface area contributed by atoms with Crippen molar-refractivity contribution in [1.82, 2.24) is 0 Å². The van der Waals surface area contributed by atoms with Gasteiger partial charge in [-0.15, -0.1) is 0 Å². The first-order chi connectivity index (χ1) is 10.2. The van der Waals surface area contributed by atoms with Crippen molar-refractivity contribution < 1.29 is 5.11 Å². The van der Waals surface area contributed by atoms with Crippen LogP contribution in [0.4, 0.5) is 5.69 Å². The molecule has 0 aliphatic heterocycles. The van der Waals surface area contributed by atoms with E-state index in [9.17, 15) is 5.11 Å². The summed E-state index contributed by atoms with van der Waals surface area (Å²) >= 11 is 5.45. The van der Waals surface area contributed by atoms with Crippen molar-refractivity contribution in [3.63, 3.8) is 0 Å². The van der Waals surface area contributed by atoms with Crippen LogP contribution in [0.1, 0.15) is 30.4 Å². The summed E-state index contributed by atoms with van der Waals surface area (Å²) in [5.74, 6) is 0. The summed E-state index contributed by atoms with van der Waals surface area (Å²) in [5.41, 5.74) is 2.41. The van der Waals surface area contributed by atoms with Crippen LogP contribution in [-0.2, 0) is 12.0 Å². The van der Waals surface area contributed by atoms with Gasteiger partial charge in [-0.1, -0.05) is 54.7 Å². The molecule has 21 heavy (non-hydrogen) atoms. The molecule has 0 bridgehead atoms. The molecule has 2 aromatic rings. The molecular weight excluding hydrogens is 278 g/mol. The number of benzene rings is 2. The van der Waals surface area contributed by atoms with Gasteiger partial charge in [0.15, 0.2) is 0 Å². The number of aryl methyl sites for hydroxylation is 1. The zero-order valence-electron chi connectivity index (χ0n) is 11.9. The number of hydrogen-bond acceptors (Lipinski definition) is 2. The third-order valence-electron chi connectivity index (χ3n) is 4.07. The minimum atomic E-state index is -0.840. The Balaban J connectivity index is 1.77. The van der Waals surface area contributed by atoms with Crippen LogP contribution >= 0.6 is 12.2 Å². The Morgan fingerprint density at radius 3 is 2.62 bits per heavy atom. The molecule has 1 atom stereocenters. The van der Waals surface area contributed by atoms with Gasteiger partial charge in [-0.05, 0) is 42.5 Å². The van der Waals surface area contributed by atoms with Crippen LogP contribution in [-0.4, -0.2) is 10.1 Å². The van der Waals surface area contributed by atoms with E-state index in [4.69, 9.17) is 12.2 Å². The molecule has 1 unspecified atom stereocenters. The summed E-state index contributed by atoms with van der Waals surface area (Å²) < 4.78 is 0. The van der Waals surface area contributed by atoms with Crippen LogP contribution in [0.3, 0.4) is 0 Å². The fourth-order valence-electron chi connectivity index (χ4n) is 3.07. The standard InChI is InChI=1S/C18H19NOS/c20-18(12-6-8-14-7-4-5-11-16(14)18)13-17(21)19-15-9-2-1-3-10-15/h1-5,7,9-11,20H,6,8,12-13H2,(H,19,21). The summed E-state index contributed by atoms with van der Waals surface area (Å²) in [5, 5.41) is 14.3. The van der Waals surface area contributed by atoms with E-state index in [0.717, 1.165) is 30.5 Å². The van der Waals surface area contributed by atoms with E-state index in [1.165, 1.54) is 5.56 Å². The second-order valence-corrected chi connectivity index (χ2v) is 6.13. The molecule has 1 aliphatic carbocycles. The van der Waals surface area contributed by atoms with Crippen molar-refractivity contribution in [3.8, 4) is 0 Å². The highest BCUT2D eigenvalue weighted by Crippen LogP contribution is 2.38. The number of fused-ring (bicyclic) bond motifs is 1. The second kappa shape index (κ2) is 5.96.